The minimum atomic E-state index is -0.388. The van der Waals surface area contributed by atoms with Crippen molar-refractivity contribution in [3.63, 3.8) is 0 Å². The van der Waals surface area contributed by atoms with Gasteiger partial charge < -0.3 is 0 Å². The Labute approximate surface area is 148 Å². The van der Waals surface area contributed by atoms with Crippen molar-refractivity contribution in [3.05, 3.63) is 58.6 Å². The summed E-state index contributed by atoms with van der Waals surface area (Å²) in [4.78, 5) is 18.3. The van der Waals surface area contributed by atoms with E-state index in [-0.39, 0.29) is 11.7 Å². The van der Waals surface area contributed by atoms with Gasteiger partial charge in [0, 0.05) is 11.1 Å². The molecule has 1 amide bonds. The molecule has 0 fully saturated rings. The van der Waals surface area contributed by atoms with Crippen LogP contribution in [0.25, 0.3) is 5.69 Å². The fraction of sp³-hybridized carbons (Fsp3) is 0.278. The minimum Gasteiger partial charge on any atom is -0.298 e. The maximum atomic E-state index is 13.8. The first-order valence-corrected chi connectivity index (χ1v) is 9.12. The molecular weight excluding hydrogens is 339 g/mol. The SMILES string of the molecule is O=C(Nc1nc2c(s1)CCCCC2)c1cnn(-c2ccccc2F)c1. The number of hydrogen-bond donors (Lipinski definition) is 1. The Kier molecular flexibility index (Phi) is 4.31. The van der Waals surface area contributed by atoms with Crippen LogP contribution < -0.4 is 5.32 Å². The van der Waals surface area contributed by atoms with Gasteiger partial charge in [-0.2, -0.15) is 5.10 Å². The molecule has 2 heterocycles. The Morgan fingerprint density at radius 2 is 2.04 bits per heavy atom. The first-order chi connectivity index (χ1) is 12.2. The maximum Gasteiger partial charge on any atom is 0.260 e. The number of para-hydroxylation sites is 1. The van der Waals surface area contributed by atoms with Crippen LogP contribution in [0.2, 0.25) is 0 Å². The molecule has 128 valence electrons. The molecule has 0 saturated heterocycles. The Morgan fingerprint density at radius 1 is 1.20 bits per heavy atom. The molecule has 0 aliphatic heterocycles. The molecule has 5 nitrogen and oxygen atoms in total. The smallest absolute Gasteiger partial charge is 0.260 e. The second-order valence-electron chi connectivity index (χ2n) is 6.03. The summed E-state index contributed by atoms with van der Waals surface area (Å²) < 4.78 is 15.2. The second kappa shape index (κ2) is 6.76. The van der Waals surface area contributed by atoms with Crippen molar-refractivity contribution in [2.75, 3.05) is 5.32 Å². The molecule has 3 aromatic rings. The number of amides is 1. The fourth-order valence-corrected chi connectivity index (χ4v) is 4.01. The summed E-state index contributed by atoms with van der Waals surface area (Å²) in [6, 6.07) is 6.31. The zero-order valence-electron chi connectivity index (χ0n) is 13.5. The second-order valence-corrected chi connectivity index (χ2v) is 7.11. The number of benzene rings is 1. The summed E-state index contributed by atoms with van der Waals surface area (Å²) in [5.74, 6) is -0.673. The van der Waals surface area contributed by atoms with Crippen molar-refractivity contribution in [2.45, 2.75) is 32.1 Å². The van der Waals surface area contributed by atoms with Crippen LogP contribution in [0.15, 0.2) is 36.7 Å². The third-order valence-corrected chi connectivity index (χ3v) is 5.33. The van der Waals surface area contributed by atoms with Crippen LogP contribution in [-0.2, 0) is 12.8 Å². The monoisotopic (exact) mass is 356 g/mol. The number of nitrogens with one attached hydrogen (secondary N) is 1. The number of fused-ring (bicyclic) bond motifs is 1. The average Bonchev–Trinajstić information content (AvgIpc) is 3.18. The highest BCUT2D eigenvalue weighted by Gasteiger charge is 2.17. The van der Waals surface area contributed by atoms with Gasteiger partial charge >= 0.3 is 0 Å². The molecule has 7 heteroatoms. The Morgan fingerprint density at radius 3 is 2.92 bits per heavy atom. The summed E-state index contributed by atoms with van der Waals surface area (Å²) >= 11 is 1.55. The van der Waals surface area contributed by atoms with E-state index in [9.17, 15) is 9.18 Å². The van der Waals surface area contributed by atoms with Crippen molar-refractivity contribution in [3.8, 4) is 5.69 Å². The third-order valence-electron chi connectivity index (χ3n) is 4.26. The molecule has 0 atom stereocenters. The van der Waals surface area contributed by atoms with Crippen LogP contribution in [0.4, 0.5) is 9.52 Å². The molecule has 0 saturated carbocycles. The van der Waals surface area contributed by atoms with Gasteiger partial charge in [-0.3, -0.25) is 10.1 Å². The number of rotatable bonds is 3. The lowest BCUT2D eigenvalue weighted by molar-refractivity contribution is 0.102. The van der Waals surface area contributed by atoms with Gasteiger partial charge in [0.1, 0.15) is 11.5 Å². The Hall–Kier alpha value is -2.54. The van der Waals surface area contributed by atoms with Crippen LogP contribution >= 0.6 is 11.3 Å². The van der Waals surface area contributed by atoms with E-state index in [0.29, 0.717) is 16.4 Å². The third kappa shape index (κ3) is 3.32. The van der Waals surface area contributed by atoms with Gasteiger partial charge in [-0.05, 0) is 37.8 Å². The van der Waals surface area contributed by atoms with Gasteiger partial charge in [0.15, 0.2) is 5.13 Å². The largest absolute Gasteiger partial charge is 0.298 e. The molecule has 1 N–H and O–H groups in total. The van der Waals surface area contributed by atoms with Crippen LogP contribution in [0.3, 0.4) is 0 Å². The molecule has 25 heavy (non-hydrogen) atoms. The first kappa shape index (κ1) is 16.0. The summed E-state index contributed by atoms with van der Waals surface area (Å²) in [6.07, 6.45) is 8.53. The Balaban J connectivity index is 1.51. The van der Waals surface area contributed by atoms with E-state index in [1.54, 1.807) is 29.5 Å². The molecule has 1 aliphatic rings. The molecule has 0 radical (unpaired) electrons. The van der Waals surface area contributed by atoms with Crippen LogP contribution in [0.5, 0.6) is 0 Å². The number of hydrogen-bond acceptors (Lipinski definition) is 4. The quantitative estimate of drug-likeness (QED) is 0.722. The standard InChI is InChI=1S/C18H17FN4OS/c19-13-6-4-5-8-15(13)23-11-12(10-20-23)17(24)22-18-21-14-7-2-1-3-9-16(14)25-18/h4-6,8,10-11H,1-3,7,9H2,(H,21,22,24). The molecular formula is C18H17FN4OS. The van der Waals surface area contributed by atoms with E-state index in [0.717, 1.165) is 25.0 Å². The van der Waals surface area contributed by atoms with E-state index in [2.05, 4.69) is 15.4 Å². The van der Waals surface area contributed by atoms with Gasteiger partial charge in [0.05, 0.1) is 17.5 Å². The highest BCUT2D eigenvalue weighted by Crippen LogP contribution is 2.29. The van der Waals surface area contributed by atoms with Crippen LogP contribution in [0, 0.1) is 5.82 Å². The number of carbonyl (C=O) groups is 1. The van der Waals surface area contributed by atoms with Gasteiger partial charge in [0.25, 0.3) is 5.91 Å². The van der Waals surface area contributed by atoms with E-state index in [1.165, 1.54) is 40.9 Å². The first-order valence-electron chi connectivity index (χ1n) is 8.30. The average molecular weight is 356 g/mol. The van der Waals surface area contributed by atoms with Crippen molar-refractivity contribution in [2.24, 2.45) is 0 Å². The molecule has 4 rings (SSSR count). The van der Waals surface area contributed by atoms with Crippen molar-refractivity contribution in [1.29, 1.82) is 0 Å². The number of aryl methyl sites for hydroxylation is 2. The van der Waals surface area contributed by atoms with Gasteiger partial charge in [-0.15, -0.1) is 11.3 Å². The molecule has 2 aromatic heterocycles. The summed E-state index contributed by atoms with van der Waals surface area (Å²) in [7, 11) is 0. The van der Waals surface area contributed by atoms with E-state index in [4.69, 9.17) is 0 Å². The lowest BCUT2D eigenvalue weighted by Gasteiger charge is -2.01. The lowest BCUT2D eigenvalue weighted by Crippen LogP contribution is -2.11. The molecule has 1 aliphatic carbocycles. The normalized spacial score (nSPS) is 14.0. The van der Waals surface area contributed by atoms with E-state index in [1.807, 2.05) is 0 Å². The zero-order chi connectivity index (χ0) is 17.2. The maximum absolute atomic E-state index is 13.8. The number of nitrogens with zero attached hydrogens (tertiary/aromatic N) is 3. The predicted molar refractivity (Wildman–Crippen MR) is 94.8 cm³/mol. The minimum absolute atomic E-state index is 0.286. The van der Waals surface area contributed by atoms with Gasteiger partial charge in [0.2, 0.25) is 0 Å². The molecule has 0 spiro atoms. The van der Waals surface area contributed by atoms with Crippen LogP contribution in [0.1, 0.15) is 40.2 Å². The number of carbonyl (C=O) groups excluding carboxylic acids is 1. The highest BCUT2D eigenvalue weighted by molar-refractivity contribution is 7.15. The molecule has 1 aromatic carbocycles. The van der Waals surface area contributed by atoms with E-state index < -0.39 is 0 Å². The topological polar surface area (TPSA) is 59.8 Å². The van der Waals surface area contributed by atoms with Crippen molar-refractivity contribution in [1.82, 2.24) is 14.8 Å². The fourth-order valence-electron chi connectivity index (χ4n) is 2.96. The van der Waals surface area contributed by atoms with Crippen molar-refractivity contribution < 1.29 is 9.18 Å². The number of thiazole rings is 1. The highest BCUT2D eigenvalue weighted by atomic mass is 32.1. The van der Waals surface area contributed by atoms with Crippen LogP contribution in [-0.4, -0.2) is 20.7 Å². The molecule has 0 bridgehead atoms. The van der Waals surface area contributed by atoms with Gasteiger partial charge in [-0.1, -0.05) is 18.6 Å². The van der Waals surface area contributed by atoms with Gasteiger partial charge in [-0.25, -0.2) is 14.1 Å². The summed E-state index contributed by atoms with van der Waals surface area (Å²) in [6.45, 7) is 0. The summed E-state index contributed by atoms with van der Waals surface area (Å²) in [5.41, 5.74) is 1.79. The predicted octanol–water partition coefficient (Wildman–Crippen LogP) is 3.99. The number of anilines is 1. The number of aromatic nitrogens is 3. The van der Waals surface area contributed by atoms with Crippen molar-refractivity contribution >= 4 is 22.4 Å². The van der Waals surface area contributed by atoms with E-state index >= 15 is 0 Å². The lowest BCUT2D eigenvalue weighted by atomic mass is 10.2. The molecule has 0 unspecified atom stereocenters. The zero-order valence-corrected chi connectivity index (χ0v) is 14.4. The number of halogens is 1. The summed E-state index contributed by atoms with van der Waals surface area (Å²) in [5, 5.41) is 7.54. The Bertz CT molecular complexity index is 894.